The van der Waals surface area contributed by atoms with Gasteiger partial charge in [-0.2, -0.15) is 5.10 Å². The number of nitrogens with zero attached hydrogens (tertiary/aromatic N) is 4. The molecular formula is C22H20N4O4S. The van der Waals surface area contributed by atoms with Crippen LogP contribution in [0.15, 0.2) is 48.4 Å². The fourth-order valence-electron chi connectivity index (χ4n) is 3.27. The SMILES string of the molecule is COc1cc(C(=O)c2cc(-c3csc(C)n3)ccc2-n2cncn2)cc(OC)c1OC. The van der Waals surface area contributed by atoms with E-state index in [0.717, 1.165) is 16.3 Å². The monoisotopic (exact) mass is 436 g/mol. The smallest absolute Gasteiger partial charge is 0.203 e. The maximum Gasteiger partial charge on any atom is 0.203 e. The van der Waals surface area contributed by atoms with Gasteiger partial charge in [-0.05, 0) is 31.2 Å². The van der Waals surface area contributed by atoms with Crippen molar-refractivity contribution in [3.63, 3.8) is 0 Å². The van der Waals surface area contributed by atoms with Crippen LogP contribution in [0.4, 0.5) is 0 Å². The molecule has 0 N–H and O–H groups in total. The van der Waals surface area contributed by atoms with Gasteiger partial charge in [-0.15, -0.1) is 11.3 Å². The molecule has 0 aliphatic heterocycles. The number of hydrogen-bond donors (Lipinski definition) is 0. The second-order valence-electron chi connectivity index (χ2n) is 6.57. The summed E-state index contributed by atoms with van der Waals surface area (Å²) >= 11 is 1.56. The molecule has 0 amide bonds. The lowest BCUT2D eigenvalue weighted by molar-refractivity contribution is 0.103. The molecule has 0 aliphatic rings. The Labute approximate surface area is 183 Å². The number of ether oxygens (including phenoxy) is 3. The lowest BCUT2D eigenvalue weighted by Gasteiger charge is -2.15. The van der Waals surface area contributed by atoms with Gasteiger partial charge < -0.3 is 14.2 Å². The van der Waals surface area contributed by atoms with E-state index in [4.69, 9.17) is 14.2 Å². The molecule has 0 saturated carbocycles. The van der Waals surface area contributed by atoms with Crippen LogP contribution in [-0.4, -0.2) is 46.9 Å². The highest BCUT2D eigenvalue weighted by molar-refractivity contribution is 7.09. The van der Waals surface area contributed by atoms with Crippen molar-refractivity contribution in [2.45, 2.75) is 6.92 Å². The van der Waals surface area contributed by atoms with Gasteiger partial charge in [0.25, 0.3) is 0 Å². The van der Waals surface area contributed by atoms with Crippen LogP contribution in [0.5, 0.6) is 17.2 Å². The molecule has 9 heteroatoms. The van der Waals surface area contributed by atoms with Crippen molar-refractivity contribution in [3.8, 4) is 34.2 Å². The molecule has 0 unspecified atom stereocenters. The molecule has 0 aliphatic carbocycles. The average Bonchev–Trinajstić information content (AvgIpc) is 3.49. The Hall–Kier alpha value is -3.72. The zero-order valence-electron chi connectivity index (χ0n) is 17.4. The zero-order chi connectivity index (χ0) is 22.0. The topological polar surface area (TPSA) is 88.4 Å². The van der Waals surface area contributed by atoms with Crippen molar-refractivity contribution >= 4 is 17.1 Å². The predicted molar refractivity (Wildman–Crippen MR) is 117 cm³/mol. The number of carbonyl (C=O) groups is 1. The van der Waals surface area contributed by atoms with Crippen LogP contribution >= 0.6 is 11.3 Å². The van der Waals surface area contributed by atoms with Crippen molar-refractivity contribution in [1.82, 2.24) is 19.7 Å². The van der Waals surface area contributed by atoms with Gasteiger partial charge in [0.1, 0.15) is 12.7 Å². The second-order valence-corrected chi connectivity index (χ2v) is 7.63. The quantitative estimate of drug-likeness (QED) is 0.405. The van der Waals surface area contributed by atoms with E-state index < -0.39 is 0 Å². The summed E-state index contributed by atoms with van der Waals surface area (Å²) in [6.45, 7) is 1.94. The maximum atomic E-state index is 13.7. The van der Waals surface area contributed by atoms with Crippen molar-refractivity contribution in [1.29, 1.82) is 0 Å². The van der Waals surface area contributed by atoms with Crippen LogP contribution in [0.2, 0.25) is 0 Å². The molecule has 0 saturated heterocycles. The summed E-state index contributed by atoms with van der Waals surface area (Å²) in [4.78, 5) is 22.2. The van der Waals surface area contributed by atoms with E-state index in [-0.39, 0.29) is 5.78 Å². The molecule has 2 heterocycles. The summed E-state index contributed by atoms with van der Waals surface area (Å²) in [6, 6.07) is 8.83. The minimum atomic E-state index is -0.224. The summed E-state index contributed by atoms with van der Waals surface area (Å²) in [5.74, 6) is 1.00. The molecule has 0 atom stereocenters. The zero-order valence-corrected chi connectivity index (χ0v) is 18.3. The van der Waals surface area contributed by atoms with Crippen molar-refractivity contribution in [3.05, 3.63) is 64.5 Å². The van der Waals surface area contributed by atoms with Gasteiger partial charge in [0, 0.05) is 22.1 Å². The van der Waals surface area contributed by atoms with Crippen LogP contribution in [0.3, 0.4) is 0 Å². The van der Waals surface area contributed by atoms with E-state index in [1.807, 2.05) is 30.5 Å². The Morgan fingerprint density at radius 2 is 1.77 bits per heavy atom. The minimum Gasteiger partial charge on any atom is -0.493 e. The number of thiazole rings is 1. The molecule has 2 aromatic heterocycles. The normalized spacial score (nSPS) is 10.7. The third kappa shape index (κ3) is 3.87. The fraction of sp³-hybridized carbons (Fsp3) is 0.182. The highest BCUT2D eigenvalue weighted by Crippen LogP contribution is 2.39. The third-order valence-corrected chi connectivity index (χ3v) is 5.52. The van der Waals surface area contributed by atoms with Crippen LogP contribution in [0.1, 0.15) is 20.9 Å². The van der Waals surface area contributed by atoms with E-state index in [1.165, 1.54) is 27.7 Å². The van der Waals surface area contributed by atoms with E-state index in [0.29, 0.717) is 34.1 Å². The summed E-state index contributed by atoms with van der Waals surface area (Å²) in [7, 11) is 4.54. The summed E-state index contributed by atoms with van der Waals surface area (Å²) in [6.07, 6.45) is 2.97. The lowest BCUT2D eigenvalue weighted by Crippen LogP contribution is -2.09. The summed E-state index contributed by atoms with van der Waals surface area (Å²) < 4.78 is 17.7. The summed E-state index contributed by atoms with van der Waals surface area (Å²) in [5.41, 5.74) is 3.09. The van der Waals surface area contributed by atoms with E-state index in [1.54, 1.807) is 34.5 Å². The first-order chi connectivity index (χ1) is 15.0. The molecule has 0 fully saturated rings. The Bertz CT molecular complexity index is 1210. The van der Waals surface area contributed by atoms with Crippen LogP contribution in [-0.2, 0) is 0 Å². The van der Waals surface area contributed by atoms with Crippen LogP contribution in [0, 0.1) is 6.92 Å². The minimum absolute atomic E-state index is 0.224. The van der Waals surface area contributed by atoms with Crippen molar-refractivity contribution in [2.24, 2.45) is 0 Å². The van der Waals surface area contributed by atoms with Crippen molar-refractivity contribution < 1.29 is 19.0 Å². The molecule has 2 aromatic carbocycles. The lowest BCUT2D eigenvalue weighted by atomic mass is 9.98. The highest BCUT2D eigenvalue weighted by Gasteiger charge is 2.22. The number of carbonyl (C=O) groups excluding carboxylic acids is 1. The number of ketones is 1. The largest absolute Gasteiger partial charge is 0.493 e. The Morgan fingerprint density at radius 1 is 1.03 bits per heavy atom. The first-order valence-corrected chi connectivity index (χ1v) is 10.2. The molecule has 31 heavy (non-hydrogen) atoms. The number of rotatable bonds is 7. The first-order valence-electron chi connectivity index (χ1n) is 9.32. The van der Waals surface area contributed by atoms with Gasteiger partial charge in [-0.3, -0.25) is 4.79 Å². The van der Waals surface area contributed by atoms with Crippen LogP contribution in [0.25, 0.3) is 16.9 Å². The van der Waals surface area contributed by atoms with E-state index in [2.05, 4.69) is 15.1 Å². The molecule has 8 nitrogen and oxygen atoms in total. The molecule has 158 valence electrons. The predicted octanol–water partition coefficient (Wildman–Crippen LogP) is 3.96. The molecule has 4 rings (SSSR count). The Morgan fingerprint density at radius 3 is 2.32 bits per heavy atom. The van der Waals surface area contributed by atoms with Gasteiger partial charge in [0.2, 0.25) is 5.75 Å². The third-order valence-electron chi connectivity index (χ3n) is 4.75. The van der Waals surface area contributed by atoms with E-state index >= 15 is 0 Å². The van der Waals surface area contributed by atoms with Gasteiger partial charge in [0.15, 0.2) is 17.3 Å². The maximum absolute atomic E-state index is 13.7. The Kier molecular flexibility index (Phi) is 5.68. The number of aromatic nitrogens is 4. The first kappa shape index (κ1) is 20.5. The fourth-order valence-corrected chi connectivity index (χ4v) is 3.90. The molecule has 0 bridgehead atoms. The van der Waals surface area contributed by atoms with Gasteiger partial charge in [-0.25, -0.2) is 14.6 Å². The standard InChI is InChI=1S/C22H20N4O4S/c1-13-25-17(10-31-13)14-5-6-18(26-12-23-11-24-26)16(7-14)21(27)15-8-19(28-2)22(30-4)20(9-15)29-3/h5-12H,1-4H3. The van der Waals surface area contributed by atoms with Gasteiger partial charge >= 0.3 is 0 Å². The average molecular weight is 436 g/mol. The second kappa shape index (κ2) is 8.57. The Balaban J connectivity index is 1.88. The number of aryl methyl sites for hydroxylation is 1. The number of hydrogen-bond acceptors (Lipinski definition) is 8. The van der Waals surface area contributed by atoms with Crippen molar-refractivity contribution in [2.75, 3.05) is 21.3 Å². The highest BCUT2D eigenvalue weighted by atomic mass is 32.1. The number of benzene rings is 2. The van der Waals surface area contributed by atoms with Crippen LogP contribution < -0.4 is 14.2 Å². The van der Waals surface area contributed by atoms with E-state index in [9.17, 15) is 4.79 Å². The van der Waals surface area contributed by atoms with Gasteiger partial charge in [-0.1, -0.05) is 6.07 Å². The van der Waals surface area contributed by atoms with Gasteiger partial charge in [0.05, 0.1) is 37.7 Å². The number of methoxy groups -OCH3 is 3. The molecule has 0 radical (unpaired) electrons. The summed E-state index contributed by atoms with van der Waals surface area (Å²) in [5, 5.41) is 7.11. The molecular weight excluding hydrogens is 416 g/mol. The molecule has 4 aromatic rings. The molecule has 0 spiro atoms.